The molecule has 0 N–H and O–H groups in total. The number of para-hydroxylation sites is 3. The number of halogens is 3. The number of rotatable bonds is 7. The van der Waals surface area contributed by atoms with E-state index in [1.54, 1.807) is 18.2 Å². The monoisotopic (exact) mass is 534 g/mol. The van der Waals surface area contributed by atoms with Crippen molar-refractivity contribution in [3.63, 3.8) is 0 Å². The van der Waals surface area contributed by atoms with Gasteiger partial charge in [0.25, 0.3) is 0 Å². The molecular weight excluding hydrogens is 513 g/mol. The van der Waals surface area contributed by atoms with Crippen molar-refractivity contribution in [2.75, 3.05) is 26.3 Å². The summed E-state index contributed by atoms with van der Waals surface area (Å²) in [6.45, 7) is 2.56. The molecule has 1 aromatic heterocycles. The summed E-state index contributed by atoms with van der Waals surface area (Å²) in [6, 6.07) is 16.4. The summed E-state index contributed by atoms with van der Waals surface area (Å²) in [5.74, 6) is -0.580. The maximum absolute atomic E-state index is 13.1. The smallest absolute Gasteiger partial charge is 0.436 e. The van der Waals surface area contributed by atoms with Gasteiger partial charge in [-0.25, -0.2) is 4.98 Å². The lowest BCUT2D eigenvalue weighted by Crippen LogP contribution is -2.35. The van der Waals surface area contributed by atoms with Crippen LogP contribution in [0, 0.1) is 0 Å². The van der Waals surface area contributed by atoms with Crippen molar-refractivity contribution in [2.45, 2.75) is 17.8 Å². The van der Waals surface area contributed by atoms with Crippen molar-refractivity contribution in [1.82, 2.24) is 9.88 Å². The fraction of sp³-hybridized carbons (Fsp3) is 0.240. The third-order valence-corrected chi connectivity index (χ3v) is 6.92. The van der Waals surface area contributed by atoms with Crippen LogP contribution in [0.2, 0.25) is 0 Å². The molecule has 1 fully saturated rings. The number of ether oxygens (including phenoxy) is 2. The van der Waals surface area contributed by atoms with Crippen molar-refractivity contribution in [3.05, 3.63) is 72.3 Å². The Balaban J connectivity index is 1.51. The average molecular weight is 535 g/mol. The fourth-order valence-electron chi connectivity index (χ4n) is 3.94. The normalized spacial score (nSPS) is 15.1. The van der Waals surface area contributed by atoms with Gasteiger partial charge in [0.15, 0.2) is 11.3 Å². The minimum absolute atomic E-state index is 0.0341. The van der Waals surface area contributed by atoms with E-state index in [4.69, 9.17) is 13.3 Å². The summed E-state index contributed by atoms with van der Waals surface area (Å²) in [5, 5.41) is 0. The topological polar surface area (TPSA) is 91.1 Å². The number of morpholine rings is 1. The average Bonchev–Trinajstić information content (AvgIpc) is 3.29. The molecule has 12 heteroatoms. The molecule has 2 heterocycles. The minimum Gasteiger partial charge on any atom is -0.436 e. The predicted molar refractivity (Wildman–Crippen MR) is 126 cm³/mol. The summed E-state index contributed by atoms with van der Waals surface area (Å²) in [7, 11) is -4.68. The van der Waals surface area contributed by atoms with E-state index in [1.807, 2.05) is 18.2 Å². The molecular formula is C25H21F3N2O6S. The SMILES string of the molecule is O=S(=O)(Oc1ccc(-c2nc3ccccc3o2)cc1CN1CCOCC1)c1ccccc1OC(F)(F)F. The van der Waals surface area contributed by atoms with Crippen LogP contribution < -0.4 is 8.92 Å². The molecule has 37 heavy (non-hydrogen) atoms. The third-order valence-electron chi connectivity index (χ3n) is 5.64. The number of benzene rings is 3. The zero-order chi connectivity index (χ0) is 26.0. The van der Waals surface area contributed by atoms with Crippen LogP contribution in [0.4, 0.5) is 13.2 Å². The first-order valence-corrected chi connectivity index (χ1v) is 12.7. The number of aromatic nitrogens is 1. The number of nitrogens with zero attached hydrogens (tertiary/aromatic N) is 2. The molecule has 0 amide bonds. The van der Waals surface area contributed by atoms with E-state index < -0.39 is 27.1 Å². The van der Waals surface area contributed by atoms with Gasteiger partial charge in [0.05, 0.1) is 13.2 Å². The lowest BCUT2D eigenvalue weighted by molar-refractivity contribution is -0.275. The van der Waals surface area contributed by atoms with E-state index in [9.17, 15) is 21.6 Å². The molecule has 0 spiro atoms. The summed E-state index contributed by atoms with van der Waals surface area (Å²) in [5.41, 5.74) is 2.33. The van der Waals surface area contributed by atoms with E-state index in [2.05, 4.69) is 14.6 Å². The second kappa shape index (κ2) is 10.0. The number of fused-ring (bicyclic) bond motifs is 1. The van der Waals surface area contributed by atoms with Gasteiger partial charge < -0.3 is 18.1 Å². The van der Waals surface area contributed by atoms with Crippen LogP contribution in [0.15, 0.2) is 76.0 Å². The highest BCUT2D eigenvalue weighted by atomic mass is 32.2. The van der Waals surface area contributed by atoms with E-state index in [-0.39, 0.29) is 5.75 Å². The van der Waals surface area contributed by atoms with E-state index in [0.29, 0.717) is 61.0 Å². The molecule has 194 valence electrons. The van der Waals surface area contributed by atoms with E-state index >= 15 is 0 Å². The maximum Gasteiger partial charge on any atom is 0.573 e. The Morgan fingerprint density at radius 1 is 0.946 bits per heavy atom. The zero-order valence-electron chi connectivity index (χ0n) is 19.3. The van der Waals surface area contributed by atoms with Crippen LogP contribution in [0.5, 0.6) is 11.5 Å². The lowest BCUT2D eigenvalue weighted by Gasteiger charge is -2.27. The second-order valence-corrected chi connectivity index (χ2v) is 9.74. The van der Waals surface area contributed by atoms with Gasteiger partial charge in [-0.1, -0.05) is 24.3 Å². The first kappa shape index (κ1) is 25.1. The molecule has 0 aliphatic carbocycles. The molecule has 4 aromatic rings. The Kier molecular flexibility index (Phi) is 6.80. The Hall–Kier alpha value is -3.61. The van der Waals surface area contributed by atoms with Gasteiger partial charge in [-0.3, -0.25) is 4.90 Å². The van der Waals surface area contributed by atoms with Gasteiger partial charge >= 0.3 is 16.5 Å². The fourth-order valence-corrected chi connectivity index (χ4v) is 5.03. The van der Waals surface area contributed by atoms with Gasteiger partial charge in [-0.05, 0) is 42.5 Å². The van der Waals surface area contributed by atoms with Crippen LogP contribution >= 0.6 is 0 Å². The molecule has 3 aromatic carbocycles. The predicted octanol–water partition coefficient (Wildman–Crippen LogP) is 4.99. The highest BCUT2D eigenvalue weighted by Gasteiger charge is 2.34. The van der Waals surface area contributed by atoms with Crippen molar-refractivity contribution >= 4 is 21.2 Å². The Morgan fingerprint density at radius 2 is 1.68 bits per heavy atom. The molecule has 1 aliphatic rings. The first-order chi connectivity index (χ1) is 17.7. The molecule has 0 radical (unpaired) electrons. The molecule has 5 rings (SSSR count). The van der Waals surface area contributed by atoms with E-state index in [1.165, 1.54) is 18.2 Å². The van der Waals surface area contributed by atoms with Gasteiger partial charge in [-0.15, -0.1) is 13.2 Å². The Morgan fingerprint density at radius 3 is 2.43 bits per heavy atom. The van der Waals surface area contributed by atoms with E-state index in [0.717, 1.165) is 12.1 Å². The maximum atomic E-state index is 13.1. The Labute approximate surface area is 210 Å². The highest BCUT2D eigenvalue weighted by molar-refractivity contribution is 7.87. The van der Waals surface area contributed by atoms with Crippen LogP contribution in [0.3, 0.4) is 0 Å². The van der Waals surface area contributed by atoms with Crippen molar-refractivity contribution in [2.24, 2.45) is 0 Å². The summed E-state index contributed by atoms with van der Waals surface area (Å²) in [4.78, 5) is 5.79. The summed E-state index contributed by atoms with van der Waals surface area (Å²) in [6.07, 6.45) is -5.08. The molecule has 1 aliphatic heterocycles. The summed E-state index contributed by atoms with van der Waals surface area (Å²) < 4.78 is 85.3. The number of hydrogen-bond acceptors (Lipinski definition) is 8. The van der Waals surface area contributed by atoms with Crippen LogP contribution in [0.1, 0.15) is 5.56 Å². The minimum atomic E-state index is -5.08. The Bertz CT molecular complexity index is 1480. The summed E-state index contributed by atoms with van der Waals surface area (Å²) >= 11 is 0. The number of alkyl halides is 3. The van der Waals surface area contributed by atoms with Gasteiger partial charge in [0.2, 0.25) is 5.89 Å². The number of oxazole rings is 1. The van der Waals surface area contributed by atoms with Gasteiger partial charge in [0.1, 0.15) is 16.2 Å². The third kappa shape index (κ3) is 5.87. The molecule has 0 bridgehead atoms. The van der Waals surface area contributed by atoms with Crippen LogP contribution in [-0.4, -0.2) is 51.0 Å². The standard InChI is InChI=1S/C25H21F3N2O6S/c26-25(27,28)35-22-7-3-4-8-23(22)37(31,32)36-20-10-9-17(15-18(20)16-30-11-13-33-14-12-30)24-29-19-5-1-2-6-21(19)34-24/h1-10,15H,11-14,16H2. The first-order valence-electron chi connectivity index (χ1n) is 11.3. The lowest BCUT2D eigenvalue weighted by atomic mass is 10.1. The quantitative estimate of drug-likeness (QED) is 0.306. The zero-order valence-corrected chi connectivity index (χ0v) is 20.1. The molecule has 1 saturated heterocycles. The molecule has 0 atom stereocenters. The van der Waals surface area contributed by atoms with Crippen molar-refractivity contribution in [1.29, 1.82) is 0 Å². The van der Waals surface area contributed by atoms with Crippen LogP contribution in [-0.2, 0) is 21.4 Å². The highest BCUT2D eigenvalue weighted by Crippen LogP contribution is 2.34. The van der Waals surface area contributed by atoms with Crippen molar-refractivity contribution < 1.29 is 39.7 Å². The van der Waals surface area contributed by atoms with Gasteiger partial charge in [0, 0.05) is 30.8 Å². The van der Waals surface area contributed by atoms with Gasteiger partial charge in [-0.2, -0.15) is 8.42 Å². The second-order valence-electron chi connectivity index (χ2n) is 8.23. The van der Waals surface area contributed by atoms with Crippen LogP contribution in [0.25, 0.3) is 22.6 Å². The van der Waals surface area contributed by atoms with Crippen molar-refractivity contribution in [3.8, 4) is 23.0 Å². The molecule has 0 unspecified atom stereocenters. The number of hydrogen-bond donors (Lipinski definition) is 0. The molecule has 0 saturated carbocycles. The molecule has 8 nitrogen and oxygen atoms in total. The largest absolute Gasteiger partial charge is 0.573 e.